The van der Waals surface area contributed by atoms with Crippen LogP contribution in [-0.2, 0) is 4.79 Å². The van der Waals surface area contributed by atoms with Crippen molar-refractivity contribution < 1.29 is 19.1 Å². The van der Waals surface area contributed by atoms with Gasteiger partial charge in [0.25, 0.3) is 5.91 Å². The molecule has 0 radical (unpaired) electrons. The molecule has 1 heterocycles. The van der Waals surface area contributed by atoms with Gasteiger partial charge in [0.15, 0.2) is 11.5 Å². The fraction of sp³-hybridized carbons (Fsp3) is 0.238. The smallest absolute Gasteiger partial charge is 0.255 e. The minimum atomic E-state index is -0.360. The molecule has 0 aliphatic carbocycles. The van der Waals surface area contributed by atoms with Crippen molar-refractivity contribution in [2.75, 3.05) is 24.9 Å². The molecule has 3 rings (SSSR count). The number of carbonyl (C=O) groups is 2. The van der Waals surface area contributed by atoms with Crippen LogP contribution in [0.2, 0.25) is 0 Å². The summed E-state index contributed by atoms with van der Waals surface area (Å²) in [5.41, 5.74) is 1.06. The fourth-order valence-electron chi connectivity index (χ4n) is 2.64. The summed E-state index contributed by atoms with van der Waals surface area (Å²) < 4.78 is 10.5. The second-order valence-electron chi connectivity index (χ2n) is 6.43. The van der Waals surface area contributed by atoms with Gasteiger partial charge in [-0.25, -0.2) is 0 Å². The Kier molecular flexibility index (Phi) is 7.48. The molecule has 0 fully saturated rings. The van der Waals surface area contributed by atoms with E-state index in [4.69, 9.17) is 9.47 Å². The molecule has 0 aliphatic heterocycles. The minimum absolute atomic E-state index is 0.166. The van der Waals surface area contributed by atoms with Gasteiger partial charge in [0.2, 0.25) is 11.0 Å². The topological polar surface area (TPSA) is 102 Å². The van der Waals surface area contributed by atoms with Gasteiger partial charge in [0.1, 0.15) is 5.01 Å². The first-order valence-corrected chi connectivity index (χ1v) is 11.0. The standard InChI is InChI=1S/C21H22N4O4S2/c1-12(19(26)23-21-25-24-13(2)31-21)30-16-7-5-6-15(11-16)22-20(27)14-8-9-17(28-3)18(10-14)29-4/h5-12H,1-4H3,(H,22,27)(H,23,25,26). The van der Waals surface area contributed by atoms with E-state index >= 15 is 0 Å². The lowest BCUT2D eigenvalue weighted by Gasteiger charge is -2.12. The van der Waals surface area contributed by atoms with Crippen LogP contribution in [0, 0.1) is 6.92 Å². The third-order valence-corrected chi connectivity index (χ3v) is 6.02. The number of nitrogens with one attached hydrogen (secondary N) is 2. The van der Waals surface area contributed by atoms with Gasteiger partial charge in [-0.15, -0.1) is 22.0 Å². The van der Waals surface area contributed by atoms with Crippen LogP contribution in [0.3, 0.4) is 0 Å². The van der Waals surface area contributed by atoms with Gasteiger partial charge in [-0.05, 0) is 50.2 Å². The van der Waals surface area contributed by atoms with Crippen LogP contribution >= 0.6 is 23.1 Å². The van der Waals surface area contributed by atoms with Crippen LogP contribution in [0.4, 0.5) is 10.8 Å². The van der Waals surface area contributed by atoms with Crippen LogP contribution in [0.1, 0.15) is 22.3 Å². The number of nitrogens with zero attached hydrogens (tertiary/aromatic N) is 2. The number of aromatic nitrogens is 2. The van der Waals surface area contributed by atoms with E-state index in [9.17, 15) is 9.59 Å². The van der Waals surface area contributed by atoms with Crippen LogP contribution in [0.25, 0.3) is 0 Å². The van der Waals surface area contributed by atoms with E-state index in [2.05, 4.69) is 20.8 Å². The highest BCUT2D eigenvalue weighted by Crippen LogP contribution is 2.29. The van der Waals surface area contributed by atoms with E-state index in [0.29, 0.717) is 27.9 Å². The second kappa shape index (κ2) is 10.3. The first kappa shape index (κ1) is 22.6. The summed E-state index contributed by atoms with van der Waals surface area (Å²) in [6.07, 6.45) is 0. The monoisotopic (exact) mass is 458 g/mol. The lowest BCUT2D eigenvalue weighted by atomic mass is 10.2. The molecule has 0 aliphatic rings. The number of hydrogen-bond acceptors (Lipinski definition) is 8. The average molecular weight is 459 g/mol. The molecule has 0 spiro atoms. The molecule has 0 saturated carbocycles. The molecule has 1 atom stereocenters. The highest BCUT2D eigenvalue weighted by molar-refractivity contribution is 8.00. The largest absolute Gasteiger partial charge is 0.493 e. The normalized spacial score (nSPS) is 11.5. The average Bonchev–Trinajstić information content (AvgIpc) is 3.17. The second-order valence-corrected chi connectivity index (χ2v) is 9.02. The summed E-state index contributed by atoms with van der Waals surface area (Å²) >= 11 is 2.71. The number of carbonyl (C=O) groups excluding carboxylic acids is 2. The molecule has 31 heavy (non-hydrogen) atoms. The van der Waals surface area contributed by atoms with Crippen LogP contribution < -0.4 is 20.1 Å². The molecule has 3 aromatic rings. The van der Waals surface area contributed by atoms with Crippen molar-refractivity contribution in [3.05, 3.63) is 53.0 Å². The zero-order valence-electron chi connectivity index (χ0n) is 17.5. The molecular weight excluding hydrogens is 436 g/mol. The van der Waals surface area contributed by atoms with Crippen LogP contribution in [0.15, 0.2) is 47.4 Å². The van der Waals surface area contributed by atoms with E-state index in [1.165, 1.54) is 37.3 Å². The Morgan fingerprint density at radius 1 is 1.03 bits per heavy atom. The van der Waals surface area contributed by atoms with Gasteiger partial charge < -0.3 is 14.8 Å². The van der Waals surface area contributed by atoms with Gasteiger partial charge in [-0.3, -0.25) is 14.9 Å². The highest BCUT2D eigenvalue weighted by Gasteiger charge is 2.17. The predicted molar refractivity (Wildman–Crippen MR) is 123 cm³/mol. The highest BCUT2D eigenvalue weighted by atomic mass is 32.2. The zero-order valence-corrected chi connectivity index (χ0v) is 19.1. The Bertz CT molecular complexity index is 1090. The van der Waals surface area contributed by atoms with Crippen molar-refractivity contribution >= 4 is 45.7 Å². The summed E-state index contributed by atoms with van der Waals surface area (Å²) in [4.78, 5) is 25.9. The van der Waals surface area contributed by atoms with E-state index in [-0.39, 0.29) is 17.1 Å². The Labute approximate surface area is 188 Å². The molecule has 162 valence electrons. The van der Waals surface area contributed by atoms with Gasteiger partial charge in [0, 0.05) is 16.1 Å². The first-order valence-electron chi connectivity index (χ1n) is 9.30. The van der Waals surface area contributed by atoms with Crippen molar-refractivity contribution in [3.63, 3.8) is 0 Å². The van der Waals surface area contributed by atoms with E-state index in [1.54, 1.807) is 24.3 Å². The van der Waals surface area contributed by atoms with E-state index in [0.717, 1.165) is 9.90 Å². The van der Waals surface area contributed by atoms with Crippen molar-refractivity contribution in [1.82, 2.24) is 10.2 Å². The Hall–Kier alpha value is -3.11. The number of ether oxygens (including phenoxy) is 2. The number of anilines is 2. The molecular formula is C21H22N4O4S2. The first-order chi connectivity index (χ1) is 14.9. The zero-order chi connectivity index (χ0) is 22.4. The number of rotatable bonds is 8. The molecule has 1 unspecified atom stereocenters. The summed E-state index contributed by atoms with van der Waals surface area (Å²) in [6.45, 7) is 3.64. The summed E-state index contributed by atoms with van der Waals surface area (Å²) in [7, 11) is 3.06. The number of benzene rings is 2. The lowest BCUT2D eigenvalue weighted by molar-refractivity contribution is -0.115. The molecule has 1 aromatic heterocycles. The van der Waals surface area contributed by atoms with Crippen molar-refractivity contribution in [3.8, 4) is 11.5 Å². The number of amides is 2. The SMILES string of the molecule is COc1ccc(C(=O)Nc2cccc(SC(C)C(=O)Nc3nnc(C)s3)c2)cc1OC. The third-order valence-electron chi connectivity index (χ3n) is 4.18. The van der Waals surface area contributed by atoms with Gasteiger partial charge in [-0.1, -0.05) is 17.4 Å². The summed E-state index contributed by atoms with van der Waals surface area (Å²) in [6, 6.07) is 12.3. The Balaban J connectivity index is 1.64. The van der Waals surface area contributed by atoms with Crippen molar-refractivity contribution in [2.45, 2.75) is 24.0 Å². The molecule has 8 nitrogen and oxygen atoms in total. The maximum Gasteiger partial charge on any atom is 0.255 e. The van der Waals surface area contributed by atoms with Crippen LogP contribution in [0.5, 0.6) is 11.5 Å². The lowest BCUT2D eigenvalue weighted by Crippen LogP contribution is -2.22. The van der Waals surface area contributed by atoms with Crippen molar-refractivity contribution in [1.29, 1.82) is 0 Å². The molecule has 10 heteroatoms. The maximum atomic E-state index is 12.6. The van der Waals surface area contributed by atoms with E-state index in [1.807, 2.05) is 32.0 Å². The summed E-state index contributed by atoms with van der Waals surface area (Å²) in [5.74, 6) is 0.583. The van der Waals surface area contributed by atoms with E-state index < -0.39 is 0 Å². The van der Waals surface area contributed by atoms with Gasteiger partial charge >= 0.3 is 0 Å². The van der Waals surface area contributed by atoms with Gasteiger partial charge in [0.05, 0.1) is 19.5 Å². The molecule has 2 amide bonds. The number of methoxy groups -OCH3 is 2. The Morgan fingerprint density at radius 3 is 2.48 bits per heavy atom. The maximum absolute atomic E-state index is 12.6. The summed E-state index contributed by atoms with van der Waals surface area (Å²) in [5, 5.41) is 14.3. The quantitative estimate of drug-likeness (QED) is 0.487. The number of aryl methyl sites for hydroxylation is 1. The fourth-order valence-corrected chi connectivity index (χ4v) is 4.16. The van der Waals surface area contributed by atoms with Gasteiger partial charge in [-0.2, -0.15) is 0 Å². The molecule has 2 N–H and O–H groups in total. The molecule has 0 saturated heterocycles. The number of hydrogen-bond donors (Lipinski definition) is 2. The predicted octanol–water partition coefficient (Wildman–Crippen LogP) is 4.24. The third kappa shape index (κ3) is 5.96. The van der Waals surface area contributed by atoms with Crippen molar-refractivity contribution in [2.24, 2.45) is 0 Å². The molecule has 2 aromatic carbocycles. The Morgan fingerprint density at radius 2 is 1.81 bits per heavy atom. The number of thioether (sulfide) groups is 1. The van der Waals surface area contributed by atoms with Crippen LogP contribution in [-0.4, -0.2) is 41.5 Å². The molecule has 0 bridgehead atoms. The minimum Gasteiger partial charge on any atom is -0.493 e.